The van der Waals surface area contributed by atoms with E-state index in [-0.39, 0.29) is 45.5 Å². The number of ketones is 1. The van der Waals surface area contributed by atoms with Crippen molar-refractivity contribution in [2.24, 2.45) is 11.3 Å². The number of fused-ring (bicyclic) bond motifs is 2. The third-order valence-electron chi connectivity index (χ3n) is 13.2. The third-order valence-corrected chi connectivity index (χ3v) is 23.2. The van der Waals surface area contributed by atoms with Gasteiger partial charge in [-0.05, 0) is 64.9 Å². The number of hydrogen-bond acceptors (Lipinski definition) is 9. The Bertz CT molecular complexity index is 2010. The molecule has 2 aliphatic heterocycles. The van der Waals surface area contributed by atoms with Gasteiger partial charge in [0.15, 0.2) is 17.4 Å². The van der Waals surface area contributed by atoms with Crippen molar-refractivity contribution in [1.29, 1.82) is 0 Å². The van der Waals surface area contributed by atoms with E-state index in [4.69, 9.17) is 32.9 Å². The highest BCUT2D eigenvalue weighted by atomic mass is 28.4. The maximum atomic E-state index is 12.6. The van der Waals surface area contributed by atoms with E-state index in [0.717, 1.165) is 7.11 Å². The summed E-state index contributed by atoms with van der Waals surface area (Å²) in [5, 5.41) is 22.6. The number of ether oxygens (including phenoxy) is 4. The van der Waals surface area contributed by atoms with Crippen molar-refractivity contribution in [3.63, 3.8) is 0 Å². The van der Waals surface area contributed by atoms with Gasteiger partial charge in [0, 0.05) is 38.1 Å². The molecule has 2 N–H and O–H groups in total. The summed E-state index contributed by atoms with van der Waals surface area (Å²) < 4.78 is 38.5. The molecule has 4 aromatic rings. The molecule has 0 spiro atoms. The van der Waals surface area contributed by atoms with E-state index in [1.54, 1.807) is 0 Å². The van der Waals surface area contributed by atoms with Gasteiger partial charge in [-0.1, -0.05) is 170 Å². The first-order valence-electron chi connectivity index (χ1n) is 22.5. The van der Waals surface area contributed by atoms with Gasteiger partial charge in [-0.3, -0.25) is 4.79 Å². The molecule has 4 aliphatic rings. The fourth-order valence-corrected chi connectivity index (χ4v) is 19.8. The Morgan fingerprint density at radius 1 is 0.587 bits per heavy atom. The first-order valence-corrected chi connectivity index (χ1v) is 26.3. The molecule has 9 nitrogen and oxygen atoms in total. The van der Waals surface area contributed by atoms with Crippen LogP contribution in [-0.4, -0.2) is 95.0 Å². The SMILES string of the molecule is CC1(C)OC2[C@H](CO[Si](c3ccccc3)(c3ccccc3)C(C)(C)C)CC(=O)[C@H]2O1.CC1(C)OC2[C@H](O1)[C@@H](O)C[C@@]2(C)CO[Si](c1ccccc1)(c1ccccc1)C(C)(C)C.CO. The maximum Gasteiger partial charge on any atom is 0.261 e. The number of hydrogen-bond donors (Lipinski definition) is 2. The lowest BCUT2D eigenvalue weighted by molar-refractivity contribution is -0.176. The van der Waals surface area contributed by atoms with Crippen molar-refractivity contribution in [3.05, 3.63) is 121 Å². The van der Waals surface area contributed by atoms with E-state index >= 15 is 0 Å². The van der Waals surface area contributed by atoms with Crippen LogP contribution in [0.25, 0.3) is 0 Å². The molecule has 2 saturated heterocycles. The average molecular weight is 897 g/mol. The third kappa shape index (κ3) is 9.80. The van der Waals surface area contributed by atoms with Crippen LogP contribution in [0, 0.1) is 11.3 Å². The number of rotatable bonds is 10. The van der Waals surface area contributed by atoms with Gasteiger partial charge in [-0.15, -0.1) is 0 Å². The van der Waals surface area contributed by atoms with Crippen LogP contribution in [0.5, 0.6) is 0 Å². The van der Waals surface area contributed by atoms with Crippen LogP contribution in [0.4, 0.5) is 0 Å². The molecule has 0 bridgehead atoms. The highest BCUT2D eigenvalue weighted by Crippen LogP contribution is 2.50. The number of aliphatic hydroxyl groups is 2. The zero-order valence-corrected chi connectivity index (χ0v) is 41.6. The van der Waals surface area contributed by atoms with Crippen molar-refractivity contribution >= 4 is 43.2 Å². The topological polar surface area (TPSA) is 113 Å². The number of carbonyl (C=O) groups is 1. The Kier molecular flexibility index (Phi) is 14.7. The Hall–Kier alpha value is -3.34. The van der Waals surface area contributed by atoms with E-state index in [1.807, 2.05) is 39.8 Å². The first kappa shape index (κ1) is 49.1. The van der Waals surface area contributed by atoms with Crippen LogP contribution in [0.15, 0.2) is 121 Å². The minimum Gasteiger partial charge on any atom is -0.407 e. The Morgan fingerprint density at radius 2 is 0.968 bits per heavy atom. The molecule has 342 valence electrons. The van der Waals surface area contributed by atoms with Gasteiger partial charge in [0.25, 0.3) is 16.6 Å². The van der Waals surface area contributed by atoms with Gasteiger partial charge in [0.1, 0.15) is 12.2 Å². The Labute approximate surface area is 378 Å². The van der Waals surface area contributed by atoms with Crippen LogP contribution in [0.1, 0.15) is 89.0 Å². The molecule has 2 unspecified atom stereocenters. The summed E-state index contributed by atoms with van der Waals surface area (Å²) in [6.45, 7) is 24.4. The van der Waals surface area contributed by atoms with E-state index in [1.165, 1.54) is 20.7 Å². The largest absolute Gasteiger partial charge is 0.407 e. The number of benzene rings is 4. The number of aliphatic hydroxyl groups excluding tert-OH is 2. The molecule has 63 heavy (non-hydrogen) atoms. The molecule has 4 aromatic carbocycles. The number of carbonyl (C=O) groups excluding carboxylic acids is 1. The second kappa shape index (κ2) is 18.9. The zero-order chi connectivity index (χ0) is 46.1. The monoisotopic (exact) mass is 896 g/mol. The smallest absolute Gasteiger partial charge is 0.261 e. The minimum atomic E-state index is -2.64. The first-order chi connectivity index (χ1) is 29.6. The van der Waals surface area contributed by atoms with Gasteiger partial charge >= 0.3 is 0 Å². The molecule has 4 fully saturated rings. The van der Waals surface area contributed by atoms with Crippen molar-refractivity contribution < 1.29 is 42.8 Å². The average Bonchev–Trinajstić information content (AvgIpc) is 3.92. The lowest BCUT2D eigenvalue weighted by atomic mass is 9.87. The van der Waals surface area contributed by atoms with E-state index in [0.29, 0.717) is 26.1 Å². The van der Waals surface area contributed by atoms with Crippen LogP contribution < -0.4 is 20.7 Å². The lowest BCUT2D eigenvalue weighted by Gasteiger charge is -2.45. The second-order valence-corrected chi connectivity index (χ2v) is 29.4. The van der Waals surface area contributed by atoms with Crippen molar-refractivity contribution in [1.82, 2.24) is 0 Å². The fourth-order valence-electron chi connectivity index (χ4n) is 10.5. The van der Waals surface area contributed by atoms with E-state index in [9.17, 15) is 9.90 Å². The summed E-state index contributed by atoms with van der Waals surface area (Å²) in [5.74, 6) is -1.27. The predicted octanol–water partition coefficient (Wildman–Crippen LogP) is 7.13. The quantitative estimate of drug-likeness (QED) is 0.161. The van der Waals surface area contributed by atoms with Crippen LogP contribution in [0.2, 0.25) is 10.1 Å². The lowest BCUT2D eigenvalue weighted by Crippen LogP contribution is -2.67. The molecular formula is C52H72O9Si2. The van der Waals surface area contributed by atoms with Crippen molar-refractivity contribution in [2.75, 3.05) is 20.3 Å². The summed E-state index contributed by atoms with van der Waals surface area (Å²) in [7, 11) is -4.27. The maximum absolute atomic E-state index is 12.6. The summed E-state index contributed by atoms with van der Waals surface area (Å²) in [6, 6.07) is 42.5. The van der Waals surface area contributed by atoms with Gasteiger partial charge in [0.2, 0.25) is 0 Å². The molecule has 0 radical (unpaired) electrons. The molecule has 2 saturated carbocycles. The highest BCUT2D eigenvalue weighted by molar-refractivity contribution is 7.00. The Balaban J connectivity index is 0.000000202. The number of Topliss-reactive ketones (excluding diaryl/α,β-unsaturated/α-hetero) is 1. The summed E-state index contributed by atoms with van der Waals surface area (Å²) >= 11 is 0. The van der Waals surface area contributed by atoms with Gasteiger partial charge < -0.3 is 38.0 Å². The van der Waals surface area contributed by atoms with E-state index in [2.05, 4.69) is 158 Å². The zero-order valence-electron chi connectivity index (χ0n) is 39.6. The second-order valence-electron chi connectivity index (χ2n) is 20.8. The summed E-state index contributed by atoms with van der Waals surface area (Å²) in [4.78, 5) is 12.6. The van der Waals surface area contributed by atoms with Crippen molar-refractivity contribution in [3.8, 4) is 0 Å². The van der Waals surface area contributed by atoms with Gasteiger partial charge in [-0.2, -0.15) is 0 Å². The predicted molar refractivity (Wildman–Crippen MR) is 255 cm³/mol. The molecule has 11 heteroatoms. The molecule has 0 aromatic heterocycles. The fraction of sp³-hybridized carbons (Fsp3) is 0.519. The highest BCUT2D eigenvalue weighted by Gasteiger charge is 2.61. The molecule has 7 atom stereocenters. The van der Waals surface area contributed by atoms with Crippen LogP contribution in [-0.2, 0) is 32.6 Å². The summed E-state index contributed by atoms with van der Waals surface area (Å²) in [5.41, 5.74) is -0.328. The minimum absolute atomic E-state index is 0.00549. The normalized spacial score (nSPS) is 27.4. The van der Waals surface area contributed by atoms with Crippen LogP contribution >= 0.6 is 0 Å². The van der Waals surface area contributed by atoms with Crippen molar-refractivity contribution in [2.45, 2.75) is 141 Å². The molecule has 0 amide bonds. The van der Waals surface area contributed by atoms with Gasteiger partial charge in [-0.25, -0.2) is 0 Å². The van der Waals surface area contributed by atoms with E-state index < -0.39 is 40.4 Å². The Morgan fingerprint density at radius 3 is 1.38 bits per heavy atom. The molecule has 2 aliphatic carbocycles. The molecular weight excluding hydrogens is 825 g/mol. The summed E-state index contributed by atoms with van der Waals surface area (Å²) in [6.07, 6.45) is -0.670. The molecule has 2 heterocycles. The standard InChI is InChI=1S/C26H36O4Si.C25H32O4Si.CH4O/c1-24(2,3)31(19-13-9-7-10-14-19,20-15-11-8-12-16-20)28-18-26(6)17-21(27)22-23(26)30-25(4,5)29-22;1-24(2,3)30(19-12-8-6-9-13-19,20-14-10-7-11-15-20)27-17-18-16-21(26)23-22(18)28-25(4,5)29-23;1-2/h7-16,21-23,27H,17-18H2,1-6H3;6-15,18,22-23H,16-17H2,1-5H3;2H,1H3/t21-,22+,23?,26-;18-,22?,23+;/m00./s1. The molecule has 8 rings (SSSR count). The van der Waals surface area contributed by atoms with Crippen LogP contribution in [0.3, 0.4) is 0 Å². The van der Waals surface area contributed by atoms with Gasteiger partial charge in [0.05, 0.1) is 18.3 Å².